The molecule has 1 atom stereocenters. The monoisotopic (exact) mass is 325 g/mol. The van der Waals surface area contributed by atoms with E-state index in [0.717, 1.165) is 5.56 Å². The summed E-state index contributed by atoms with van der Waals surface area (Å²) >= 11 is 5.88. The molecule has 21 heavy (non-hydrogen) atoms. The summed E-state index contributed by atoms with van der Waals surface area (Å²) in [6.45, 7) is 3.54. The maximum absolute atomic E-state index is 12.3. The van der Waals surface area contributed by atoms with Gasteiger partial charge in [-0.05, 0) is 44.2 Å². The second-order valence-electron chi connectivity index (χ2n) is 4.86. The molecular weight excluding hydrogens is 310 g/mol. The fourth-order valence-corrected chi connectivity index (χ4v) is 3.36. The van der Waals surface area contributed by atoms with Crippen LogP contribution in [0.4, 0.5) is 0 Å². The van der Waals surface area contributed by atoms with Crippen LogP contribution in [0.15, 0.2) is 47.4 Å². The lowest BCUT2D eigenvalue weighted by Crippen LogP contribution is -2.27. The lowest BCUT2D eigenvalue weighted by atomic mass is 10.1. The molecule has 112 valence electrons. The third-order valence-electron chi connectivity index (χ3n) is 3.12. The van der Waals surface area contributed by atoms with Crippen LogP contribution in [-0.4, -0.2) is 13.5 Å². The molecule has 0 saturated heterocycles. The van der Waals surface area contributed by atoms with Gasteiger partial charge in [-0.15, -0.1) is 0 Å². The van der Waals surface area contributed by atoms with Crippen LogP contribution in [0.1, 0.15) is 24.1 Å². The lowest BCUT2D eigenvalue weighted by molar-refractivity contribution is 0.460. The SMILES string of the molecule is Cc1ccc(S(=O)(=O)NC(C)c2cc(Cl)ccc2O)cc1. The Kier molecular flexibility index (Phi) is 4.56. The molecule has 0 aromatic heterocycles. The standard InChI is InChI=1S/C15H16ClNO3S/c1-10-3-6-13(7-4-10)21(19,20)17-11(2)14-9-12(16)5-8-15(14)18/h3-9,11,17-18H,1-2H3. The molecule has 1 unspecified atom stereocenters. The molecule has 0 aliphatic heterocycles. The highest BCUT2D eigenvalue weighted by atomic mass is 35.5. The van der Waals surface area contributed by atoms with Gasteiger partial charge >= 0.3 is 0 Å². The molecule has 2 aromatic carbocycles. The van der Waals surface area contributed by atoms with Crippen LogP contribution in [-0.2, 0) is 10.0 Å². The summed E-state index contributed by atoms with van der Waals surface area (Å²) in [5.74, 6) is -0.00138. The molecule has 0 heterocycles. The zero-order valence-corrected chi connectivity index (χ0v) is 13.2. The van der Waals surface area contributed by atoms with Crippen LogP contribution in [0.2, 0.25) is 5.02 Å². The Morgan fingerprint density at radius 3 is 2.38 bits per heavy atom. The van der Waals surface area contributed by atoms with Gasteiger partial charge < -0.3 is 5.11 Å². The van der Waals surface area contributed by atoms with Gasteiger partial charge in [0.2, 0.25) is 10.0 Å². The summed E-state index contributed by atoms with van der Waals surface area (Å²) in [7, 11) is -3.66. The minimum absolute atomic E-state index is 0.00138. The fourth-order valence-electron chi connectivity index (χ4n) is 1.95. The van der Waals surface area contributed by atoms with Gasteiger partial charge in [0.1, 0.15) is 5.75 Å². The van der Waals surface area contributed by atoms with E-state index >= 15 is 0 Å². The van der Waals surface area contributed by atoms with E-state index < -0.39 is 16.1 Å². The lowest BCUT2D eigenvalue weighted by Gasteiger charge is -2.16. The van der Waals surface area contributed by atoms with Gasteiger partial charge in [-0.25, -0.2) is 13.1 Å². The number of halogens is 1. The van der Waals surface area contributed by atoms with Crippen molar-refractivity contribution in [1.82, 2.24) is 4.72 Å². The first-order chi connectivity index (χ1) is 9.79. The fraction of sp³-hybridized carbons (Fsp3) is 0.200. The van der Waals surface area contributed by atoms with E-state index in [1.165, 1.54) is 6.07 Å². The van der Waals surface area contributed by atoms with E-state index in [-0.39, 0.29) is 10.6 Å². The van der Waals surface area contributed by atoms with Gasteiger partial charge in [0, 0.05) is 16.6 Å². The van der Waals surface area contributed by atoms with Crippen molar-refractivity contribution in [2.75, 3.05) is 0 Å². The molecule has 0 aliphatic carbocycles. The average Bonchev–Trinajstić information content (AvgIpc) is 2.41. The van der Waals surface area contributed by atoms with Crippen molar-refractivity contribution in [3.63, 3.8) is 0 Å². The third-order valence-corrected chi connectivity index (χ3v) is 4.91. The minimum atomic E-state index is -3.66. The third kappa shape index (κ3) is 3.75. The van der Waals surface area contributed by atoms with E-state index in [0.29, 0.717) is 10.6 Å². The van der Waals surface area contributed by atoms with Gasteiger partial charge in [-0.2, -0.15) is 0 Å². The van der Waals surface area contributed by atoms with Gasteiger partial charge in [-0.3, -0.25) is 0 Å². The molecule has 0 bridgehead atoms. The number of aryl methyl sites for hydroxylation is 1. The molecule has 0 fully saturated rings. The van der Waals surface area contributed by atoms with Crippen molar-refractivity contribution in [3.8, 4) is 5.75 Å². The molecular formula is C15H16ClNO3S. The second kappa shape index (κ2) is 6.05. The Balaban J connectivity index is 2.27. The highest BCUT2D eigenvalue weighted by molar-refractivity contribution is 7.89. The first-order valence-corrected chi connectivity index (χ1v) is 8.23. The molecule has 0 aliphatic rings. The first-order valence-electron chi connectivity index (χ1n) is 6.37. The van der Waals surface area contributed by atoms with Crippen molar-refractivity contribution in [2.45, 2.75) is 24.8 Å². The Labute approximate surface area is 129 Å². The zero-order chi connectivity index (χ0) is 15.6. The molecule has 2 rings (SSSR count). The van der Waals surface area contributed by atoms with Crippen molar-refractivity contribution < 1.29 is 13.5 Å². The van der Waals surface area contributed by atoms with Crippen molar-refractivity contribution in [3.05, 3.63) is 58.6 Å². The van der Waals surface area contributed by atoms with Gasteiger partial charge in [0.15, 0.2) is 0 Å². The molecule has 0 amide bonds. The maximum atomic E-state index is 12.3. The van der Waals surface area contributed by atoms with E-state index in [9.17, 15) is 13.5 Å². The first kappa shape index (κ1) is 15.8. The van der Waals surface area contributed by atoms with Crippen molar-refractivity contribution >= 4 is 21.6 Å². The second-order valence-corrected chi connectivity index (χ2v) is 7.01. The molecule has 0 spiro atoms. The van der Waals surface area contributed by atoms with Crippen LogP contribution in [0.3, 0.4) is 0 Å². The molecule has 0 saturated carbocycles. The average molecular weight is 326 g/mol. The summed E-state index contributed by atoms with van der Waals surface area (Å²) in [5, 5.41) is 10.3. The summed E-state index contributed by atoms with van der Waals surface area (Å²) in [6.07, 6.45) is 0. The van der Waals surface area contributed by atoms with Crippen LogP contribution in [0, 0.1) is 6.92 Å². The molecule has 4 nitrogen and oxygen atoms in total. The van der Waals surface area contributed by atoms with Crippen molar-refractivity contribution in [2.24, 2.45) is 0 Å². The number of phenols is 1. The smallest absolute Gasteiger partial charge is 0.241 e. The quantitative estimate of drug-likeness (QED) is 0.905. The van der Waals surface area contributed by atoms with Gasteiger partial charge in [-0.1, -0.05) is 29.3 Å². The number of rotatable bonds is 4. The summed E-state index contributed by atoms with van der Waals surface area (Å²) in [4.78, 5) is 0.182. The maximum Gasteiger partial charge on any atom is 0.241 e. The topological polar surface area (TPSA) is 66.4 Å². The van der Waals surface area contributed by atoms with Crippen LogP contribution >= 0.6 is 11.6 Å². The van der Waals surface area contributed by atoms with Crippen molar-refractivity contribution in [1.29, 1.82) is 0 Å². The Bertz CT molecular complexity index is 742. The number of hydrogen-bond acceptors (Lipinski definition) is 3. The number of phenolic OH excluding ortho intramolecular Hbond substituents is 1. The Morgan fingerprint density at radius 1 is 1.14 bits per heavy atom. The van der Waals surface area contributed by atoms with Gasteiger partial charge in [0.05, 0.1) is 4.90 Å². The van der Waals surface area contributed by atoms with E-state index in [2.05, 4.69) is 4.72 Å². The number of aromatic hydroxyl groups is 1. The van der Waals surface area contributed by atoms with Crippen LogP contribution in [0.25, 0.3) is 0 Å². The number of hydrogen-bond donors (Lipinski definition) is 2. The highest BCUT2D eigenvalue weighted by Gasteiger charge is 2.20. The highest BCUT2D eigenvalue weighted by Crippen LogP contribution is 2.28. The summed E-state index contributed by atoms with van der Waals surface area (Å²) in [6, 6.07) is 10.5. The number of sulfonamides is 1. The van der Waals surface area contributed by atoms with E-state index in [1.807, 2.05) is 6.92 Å². The minimum Gasteiger partial charge on any atom is -0.508 e. The largest absolute Gasteiger partial charge is 0.508 e. The molecule has 6 heteroatoms. The molecule has 0 radical (unpaired) electrons. The van der Waals surface area contributed by atoms with E-state index in [1.54, 1.807) is 43.3 Å². The Hall–Kier alpha value is -1.56. The predicted molar refractivity (Wildman–Crippen MR) is 83.0 cm³/mol. The van der Waals surface area contributed by atoms with Crippen LogP contribution in [0.5, 0.6) is 5.75 Å². The van der Waals surface area contributed by atoms with Gasteiger partial charge in [0.25, 0.3) is 0 Å². The normalized spacial score (nSPS) is 13.1. The number of benzene rings is 2. The van der Waals surface area contributed by atoms with Crippen LogP contribution < -0.4 is 4.72 Å². The molecule has 2 aromatic rings. The summed E-state index contributed by atoms with van der Waals surface area (Å²) < 4.78 is 27.1. The zero-order valence-electron chi connectivity index (χ0n) is 11.7. The van der Waals surface area contributed by atoms with E-state index in [4.69, 9.17) is 11.6 Å². The number of nitrogens with one attached hydrogen (secondary N) is 1. The Morgan fingerprint density at radius 2 is 1.76 bits per heavy atom. The molecule has 2 N–H and O–H groups in total. The summed E-state index contributed by atoms with van der Waals surface area (Å²) in [5.41, 5.74) is 1.41. The predicted octanol–water partition coefficient (Wildman–Crippen LogP) is 3.39.